The molecule has 0 saturated carbocycles. The molecular formula is C13H20N4O3S. The first-order valence-electron chi connectivity index (χ1n) is 6.94. The van der Waals surface area contributed by atoms with Crippen LogP contribution in [0, 0.1) is 0 Å². The van der Waals surface area contributed by atoms with Gasteiger partial charge >= 0.3 is 5.69 Å². The van der Waals surface area contributed by atoms with Gasteiger partial charge in [-0.2, -0.15) is 0 Å². The number of rotatable bonds is 7. The van der Waals surface area contributed by atoms with Crippen LogP contribution in [0.2, 0.25) is 0 Å². The monoisotopic (exact) mass is 312 g/mol. The van der Waals surface area contributed by atoms with Crippen LogP contribution in [-0.2, 0) is 16.1 Å². The summed E-state index contributed by atoms with van der Waals surface area (Å²) in [6, 6.07) is 0. The number of carbonyl (C=O) groups excluding carboxylic acids is 1. The number of hydrogen-bond donors (Lipinski definition) is 2. The van der Waals surface area contributed by atoms with Gasteiger partial charge in [-0.25, -0.2) is 9.89 Å². The molecule has 0 spiro atoms. The second-order valence-electron chi connectivity index (χ2n) is 4.85. The molecule has 8 heteroatoms. The molecule has 1 aliphatic rings. The molecule has 1 saturated heterocycles. The zero-order valence-electron chi connectivity index (χ0n) is 12.0. The van der Waals surface area contributed by atoms with E-state index >= 15 is 0 Å². The van der Waals surface area contributed by atoms with E-state index in [0.717, 1.165) is 19.4 Å². The van der Waals surface area contributed by atoms with E-state index < -0.39 is 0 Å². The normalized spacial score (nSPS) is 19.4. The van der Waals surface area contributed by atoms with Crippen molar-refractivity contribution in [1.82, 2.24) is 20.1 Å². The van der Waals surface area contributed by atoms with Crippen LogP contribution in [0.25, 0.3) is 0 Å². The summed E-state index contributed by atoms with van der Waals surface area (Å²) < 4.78 is 7.08. The summed E-state index contributed by atoms with van der Waals surface area (Å²) >= 11 is 1.25. The van der Waals surface area contributed by atoms with Crippen LogP contribution in [-0.4, -0.2) is 45.2 Å². The maximum absolute atomic E-state index is 11.8. The van der Waals surface area contributed by atoms with Gasteiger partial charge in [-0.3, -0.25) is 9.36 Å². The van der Waals surface area contributed by atoms with Gasteiger partial charge < -0.3 is 10.1 Å². The number of carbonyl (C=O) groups is 1. The van der Waals surface area contributed by atoms with Crippen LogP contribution in [0.1, 0.15) is 19.8 Å². The molecule has 116 valence electrons. The van der Waals surface area contributed by atoms with Gasteiger partial charge in [-0.15, -0.1) is 11.7 Å². The highest BCUT2D eigenvalue weighted by molar-refractivity contribution is 8.00. The molecule has 0 bridgehead atoms. The average molecular weight is 312 g/mol. The summed E-state index contributed by atoms with van der Waals surface area (Å²) in [5.74, 6) is -0.112. The van der Waals surface area contributed by atoms with Gasteiger partial charge in [-0.05, 0) is 19.8 Å². The topological polar surface area (TPSA) is 89.0 Å². The van der Waals surface area contributed by atoms with Crippen molar-refractivity contribution in [2.24, 2.45) is 0 Å². The van der Waals surface area contributed by atoms with Crippen LogP contribution in [0.5, 0.6) is 0 Å². The zero-order valence-corrected chi connectivity index (χ0v) is 12.8. The number of aromatic nitrogens is 3. The summed E-state index contributed by atoms with van der Waals surface area (Å²) in [5, 5.41) is 9.32. The van der Waals surface area contributed by atoms with Crippen molar-refractivity contribution in [3.63, 3.8) is 0 Å². The van der Waals surface area contributed by atoms with Gasteiger partial charge in [0.05, 0.1) is 17.9 Å². The lowest BCUT2D eigenvalue weighted by molar-refractivity contribution is -0.120. The first-order valence-corrected chi connectivity index (χ1v) is 7.82. The predicted molar refractivity (Wildman–Crippen MR) is 80.3 cm³/mol. The van der Waals surface area contributed by atoms with E-state index in [2.05, 4.69) is 22.1 Å². The summed E-state index contributed by atoms with van der Waals surface area (Å²) in [7, 11) is 0. The Kier molecular flexibility index (Phi) is 5.63. The Bertz CT molecular complexity index is 548. The van der Waals surface area contributed by atoms with E-state index in [4.69, 9.17) is 4.74 Å². The molecule has 2 atom stereocenters. The number of H-pyrrole nitrogens is 1. The molecule has 0 unspecified atom stereocenters. The fourth-order valence-electron chi connectivity index (χ4n) is 2.07. The van der Waals surface area contributed by atoms with Crippen molar-refractivity contribution in [2.75, 3.05) is 13.2 Å². The highest BCUT2D eigenvalue weighted by Gasteiger charge is 2.22. The Balaban J connectivity index is 2.00. The quantitative estimate of drug-likeness (QED) is 0.566. The third kappa shape index (κ3) is 4.21. The van der Waals surface area contributed by atoms with Gasteiger partial charge in [0.15, 0.2) is 5.16 Å². The number of amides is 1. The molecule has 21 heavy (non-hydrogen) atoms. The third-order valence-corrected chi connectivity index (χ3v) is 4.30. The fraction of sp³-hybridized carbons (Fsp3) is 0.615. The van der Waals surface area contributed by atoms with Crippen LogP contribution >= 0.6 is 11.8 Å². The van der Waals surface area contributed by atoms with Crippen molar-refractivity contribution in [2.45, 2.75) is 42.8 Å². The van der Waals surface area contributed by atoms with Gasteiger partial charge in [0, 0.05) is 13.2 Å². The Labute approximate surface area is 127 Å². The Hall–Kier alpha value is -1.54. The number of aromatic amines is 1. The van der Waals surface area contributed by atoms with Crippen LogP contribution in [0.4, 0.5) is 0 Å². The molecule has 2 rings (SSSR count). The smallest absolute Gasteiger partial charge is 0.344 e. The van der Waals surface area contributed by atoms with E-state index in [0.29, 0.717) is 18.2 Å². The van der Waals surface area contributed by atoms with Crippen molar-refractivity contribution in [3.8, 4) is 0 Å². The van der Waals surface area contributed by atoms with Crippen molar-refractivity contribution in [3.05, 3.63) is 23.1 Å². The summed E-state index contributed by atoms with van der Waals surface area (Å²) in [4.78, 5) is 23.7. The fourth-order valence-corrected chi connectivity index (χ4v) is 2.96. The number of nitrogens with one attached hydrogen (secondary N) is 2. The van der Waals surface area contributed by atoms with E-state index in [1.165, 1.54) is 16.3 Å². The molecule has 1 amide bonds. The Morgan fingerprint density at radius 2 is 2.57 bits per heavy atom. The standard InChI is InChI=1S/C13H20N4O3S/c1-3-6-14-11(18)9(2)21-13-16-15-12(19)17(13)8-10-5-4-7-20-10/h3,9-10H,1,4-8H2,2H3,(H,14,18)(H,15,19)/t9-,10-/m1/s1. The SMILES string of the molecule is C=CCNC(=O)[C@@H](C)Sc1n[nH]c(=O)n1C[C@H]1CCCO1. The molecule has 1 fully saturated rings. The molecule has 1 aromatic heterocycles. The number of hydrogen-bond acceptors (Lipinski definition) is 5. The summed E-state index contributed by atoms with van der Waals surface area (Å²) in [6.07, 6.45) is 3.62. The highest BCUT2D eigenvalue weighted by Crippen LogP contribution is 2.21. The van der Waals surface area contributed by atoms with E-state index in [9.17, 15) is 9.59 Å². The number of ether oxygens (including phenoxy) is 1. The molecule has 1 aromatic rings. The number of thioether (sulfide) groups is 1. The van der Waals surface area contributed by atoms with Crippen LogP contribution in [0.15, 0.2) is 22.6 Å². The molecule has 0 aromatic carbocycles. The van der Waals surface area contributed by atoms with Gasteiger partial charge in [0.25, 0.3) is 0 Å². The molecule has 2 N–H and O–H groups in total. The van der Waals surface area contributed by atoms with Crippen molar-refractivity contribution in [1.29, 1.82) is 0 Å². The van der Waals surface area contributed by atoms with E-state index in [-0.39, 0.29) is 23.0 Å². The molecule has 7 nitrogen and oxygen atoms in total. The number of nitrogens with zero attached hydrogens (tertiary/aromatic N) is 2. The second kappa shape index (κ2) is 7.46. The second-order valence-corrected chi connectivity index (χ2v) is 6.16. The highest BCUT2D eigenvalue weighted by atomic mass is 32.2. The lowest BCUT2D eigenvalue weighted by Gasteiger charge is -2.13. The van der Waals surface area contributed by atoms with Crippen molar-refractivity contribution < 1.29 is 9.53 Å². The van der Waals surface area contributed by atoms with Gasteiger partial charge in [0.1, 0.15) is 0 Å². The van der Waals surface area contributed by atoms with Crippen molar-refractivity contribution >= 4 is 17.7 Å². The average Bonchev–Trinajstić information content (AvgIpc) is 3.09. The maximum atomic E-state index is 11.8. The maximum Gasteiger partial charge on any atom is 0.344 e. The summed E-state index contributed by atoms with van der Waals surface area (Å²) in [5.41, 5.74) is -0.272. The lowest BCUT2D eigenvalue weighted by atomic mass is 10.2. The minimum Gasteiger partial charge on any atom is -0.376 e. The van der Waals surface area contributed by atoms with Gasteiger partial charge in [-0.1, -0.05) is 17.8 Å². The molecule has 0 aliphatic carbocycles. The zero-order chi connectivity index (χ0) is 15.2. The molecule has 0 radical (unpaired) electrons. The van der Waals surface area contributed by atoms with E-state index in [1.54, 1.807) is 13.0 Å². The minimum atomic E-state index is -0.344. The molecular weight excluding hydrogens is 292 g/mol. The Morgan fingerprint density at radius 3 is 3.24 bits per heavy atom. The Morgan fingerprint density at radius 1 is 1.76 bits per heavy atom. The summed E-state index contributed by atoms with van der Waals surface area (Å²) in [6.45, 7) is 6.96. The predicted octanol–water partition coefficient (Wildman–Crippen LogP) is 0.533. The lowest BCUT2D eigenvalue weighted by Crippen LogP contribution is -2.31. The molecule has 2 heterocycles. The minimum absolute atomic E-state index is 0.0459. The largest absolute Gasteiger partial charge is 0.376 e. The van der Waals surface area contributed by atoms with Crippen LogP contribution < -0.4 is 11.0 Å². The first-order chi connectivity index (χ1) is 10.1. The molecule has 1 aliphatic heterocycles. The van der Waals surface area contributed by atoms with Crippen LogP contribution in [0.3, 0.4) is 0 Å². The van der Waals surface area contributed by atoms with Gasteiger partial charge in [0.2, 0.25) is 5.91 Å². The van der Waals surface area contributed by atoms with E-state index in [1.807, 2.05) is 0 Å². The third-order valence-electron chi connectivity index (χ3n) is 3.21. The first kappa shape index (κ1) is 15.8.